The van der Waals surface area contributed by atoms with E-state index >= 15 is 0 Å². The first kappa shape index (κ1) is 40.9. The van der Waals surface area contributed by atoms with Gasteiger partial charge in [0.2, 0.25) is 0 Å². The van der Waals surface area contributed by atoms with E-state index in [1.165, 1.54) is 57.8 Å². The number of anilines is 2. The van der Waals surface area contributed by atoms with E-state index in [0.29, 0.717) is 35.6 Å². The lowest BCUT2D eigenvalue weighted by atomic mass is 9.85. The van der Waals surface area contributed by atoms with Crippen molar-refractivity contribution < 1.29 is 19.2 Å². The molecule has 1 atom stereocenters. The number of rotatable bonds is 25. The third-order valence-electron chi connectivity index (χ3n) is 9.14. The molecule has 3 rings (SSSR count). The van der Waals surface area contributed by atoms with Crippen LogP contribution >= 0.6 is 22.6 Å². The van der Waals surface area contributed by atoms with E-state index < -0.39 is 0 Å². The second-order valence-electron chi connectivity index (χ2n) is 13.2. The Balaban J connectivity index is 1.67. The van der Waals surface area contributed by atoms with E-state index in [-0.39, 0.29) is 27.7 Å². The van der Waals surface area contributed by atoms with Gasteiger partial charge in [-0.25, -0.2) is 4.99 Å². The van der Waals surface area contributed by atoms with Crippen LogP contribution in [0.2, 0.25) is 0 Å². The van der Waals surface area contributed by atoms with Crippen LogP contribution in [0.3, 0.4) is 0 Å². The lowest BCUT2D eigenvalue weighted by Crippen LogP contribution is -2.24. The molecule has 8 heteroatoms. The SMILES string of the molecule is CCCCCCCCCCCCOCCCC(=O)C1=CC(=Nc2ccc(N(C)CC)cc2C)c2c(NOC(I)CCCC)cccc2C1=O. The van der Waals surface area contributed by atoms with E-state index in [4.69, 9.17) is 14.6 Å². The maximum Gasteiger partial charge on any atom is 0.197 e. The maximum atomic E-state index is 13.8. The normalized spacial score (nSPS) is 14.1. The van der Waals surface area contributed by atoms with Gasteiger partial charge < -0.3 is 9.64 Å². The monoisotopic (exact) mass is 785 g/mol. The second-order valence-corrected chi connectivity index (χ2v) is 14.6. The number of aryl methyl sites for hydroxylation is 1. The lowest BCUT2D eigenvalue weighted by molar-refractivity contribution is -0.115. The number of benzene rings is 2. The first-order valence-corrected chi connectivity index (χ1v) is 20.0. The van der Waals surface area contributed by atoms with Crippen molar-refractivity contribution in [1.29, 1.82) is 0 Å². The highest BCUT2D eigenvalue weighted by Gasteiger charge is 2.30. The van der Waals surface area contributed by atoms with Gasteiger partial charge in [-0.05, 0) is 91.6 Å². The fourth-order valence-corrected chi connectivity index (χ4v) is 6.51. The van der Waals surface area contributed by atoms with Gasteiger partial charge in [-0.2, -0.15) is 0 Å². The highest BCUT2D eigenvalue weighted by molar-refractivity contribution is 14.1. The molecule has 7 nitrogen and oxygen atoms in total. The van der Waals surface area contributed by atoms with E-state index in [1.54, 1.807) is 12.1 Å². The first-order chi connectivity index (χ1) is 23.8. The summed E-state index contributed by atoms with van der Waals surface area (Å²) < 4.78 is 5.82. The van der Waals surface area contributed by atoms with E-state index in [2.05, 4.69) is 72.9 Å². The molecule has 2 aromatic rings. The van der Waals surface area contributed by atoms with Crippen molar-refractivity contribution in [2.75, 3.05) is 37.2 Å². The lowest BCUT2D eigenvalue weighted by Gasteiger charge is -2.22. The number of alkyl halides is 1. The van der Waals surface area contributed by atoms with Crippen LogP contribution in [0.5, 0.6) is 0 Å². The molecule has 0 saturated carbocycles. The molecule has 1 N–H and O–H groups in total. The van der Waals surface area contributed by atoms with Crippen molar-refractivity contribution in [1.82, 2.24) is 0 Å². The Bertz CT molecular complexity index is 1390. The fraction of sp³-hybridized carbons (Fsp3) is 0.585. The summed E-state index contributed by atoms with van der Waals surface area (Å²) in [6.07, 6.45) is 18.5. The topological polar surface area (TPSA) is 80.2 Å². The number of allylic oxidation sites excluding steroid dienone is 2. The Hall–Kier alpha value is -2.56. The van der Waals surface area contributed by atoms with Crippen molar-refractivity contribution in [3.63, 3.8) is 0 Å². The number of hydrogen-bond acceptors (Lipinski definition) is 7. The van der Waals surface area contributed by atoms with Gasteiger partial charge in [-0.1, -0.05) is 96.6 Å². The molecule has 0 radical (unpaired) electrons. The minimum atomic E-state index is -0.275. The Morgan fingerprint density at radius 2 is 1.57 bits per heavy atom. The zero-order valence-electron chi connectivity index (χ0n) is 30.8. The number of halogens is 1. The zero-order chi connectivity index (χ0) is 35.4. The molecule has 0 amide bonds. The van der Waals surface area contributed by atoms with Gasteiger partial charge in [-0.3, -0.25) is 19.9 Å². The second kappa shape index (κ2) is 23.0. The van der Waals surface area contributed by atoms with Gasteiger partial charge >= 0.3 is 0 Å². The van der Waals surface area contributed by atoms with Gasteiger partial charge in [0.15, 0.2) is 11.6 Å². The molecule has 270 valence electrons. The number of unbranched alkanes of at least 4 members (excludes halogenated alkanes) is 10. The number of nitrogens with one attached hydrogen (secondary N) is 1. The smallest absolute Gasteiger partial charge is 0.197 e. The molecule has 1 aliphatic rings. The molecule has 0 heterocycles. The molecular weight excluding hydrogens is 725 g/mol. The largest absolute Gasteiger partial charge is 0.381 e. The van der Waals surface area contributed by atoms with Crippen LogP contribution in [0.15, 0.2) is 53.0 Å². The summed E-state index contributed by atoms with van der Waals surface area (Å²) in [5, 5.41) is 0. The number of aliphatic imine (C=N–C) groups is 1. The number of carbonyl (C=O) groups is 2. The minimum absolute atomic E-state index is 0.0292. The van der Waals surface area contributed by atoms with Gasteiger partial charge in [-0.15, -0.1) is 0 Å². The van der Waals surface area contributed by atoms with Gasteiger partial charge in [0, 0.05) is 50.0 Å². The zero-order valence-corrected chi connectivity index (χ0v) is 32.9. The number of nitrogens with zero attached hydrogens (tertiary/aromatic N) is 2. The molecule has 49 heavy (non-hydrogen) atoms. The Morgan fingerprint density at radius 3 is 2.24 bits per heavy atom. The van der Waals surface area contributed by atoms with Crippen LogP contribution in [-0.2, 0) is 14.4 Å². The van der Waals surface area contributed by atoms with E-state index in [9.17, 15) is 9.59 Å². The maximum absolute atomic E-state index is 13.8. The van der Waals surface area contributed by atoms with Crippen molar-refractivity contribution in [2.24, 2.45) is 4.99 Å². The number of Topliss-reactive ketones (excluding diaryl/α,β-unsaturated/α-hetero) is 2. The van der Waals surface area contributed by atoms with Crippen LogP contribution in [0.1, 0.15) is 139 Å². The van der Waals surface area contributed by atoms with Crippen molar-refractivity contribution in [3.05, 3.63) is 64.7 Å². The van der Waals surface area contributed by atoms with E-state index in [0.717, 1.165) is 55.8 Å². The molecule has 1 aliphatic carbocycles. The van der Waals surface area contributed by atoms with Gasteiger partial charge in [0.25, 0.3) is 0 Å². The Labute approximate surface area is 309 Å². The molecule has 2 aromatic carbocycles. The number of hydrogen-bond donors (Lipinski definition) is 1. The summed E-state index contributed by atoms with van der Waals surface area (Å²) in [5.74, 6) is -0.452. The summed E-state index contributed by atoms with van der Waals surface area (Å²) >= 11 is 2.28. The quantitative estimate of drug-likeness (QED) is 0.0355. The molecule has 0 spiro atoms. The van der Waals surface area contributed by atoms with Gasteiger partial charge in [0.1, 0.15) is 4.11 Å². The third kappa shape index (κ3) is 13.6. The summed E-state index contributed by atoms with van der Waals surface area (Å²) in [6, 6.07) is 11.7. The number of carbonyl (C=O) groups excluding carboxylic acids is 2. The predicted octanol–water partition coefficient (Wildman–Crippen LogP) is 11.3. The van der Waals surface area contributed by atoms with Crippen LogP contribution in [0, 0.1) is 6.92 Å². The summed E-state index contributed by atoms with van der Waals surface area (Å²) in [5.41, 5.74) is 8.53. The standard InChI is InChI=1S/C41H60IN3O4/c1-6-9-11-12-13-14-15-16-17-18-27-48-28-20-23-38(46)34-30-37(43-35-26-25-32(29-31(35)4)45(5)8-3)40-33(41(34)47)21-19-22-36(40)44-49-39(42)24-10-7-2/h19,21-22,25-26,29-30,39,44H,6-18,20,23-24,27-28H2,1-5H3. The van der Waals surface area contributed by atoms with Crippen LogP contribution in [-0.4, -0.2) is 48.2 Å². The molecule has 0 aromatic heterocycles. The molecule has 0 aliphatic heterocycles. The molecular formula is C41H60IN3O4. The van der Waals surface area contributed by atoms with Crippen LogP contribution in [0.4, 0.5) is 17.1 Å². The van der Waals surface area contributed by atoms with Crippen LogP contribution < -0.4 is 10.4 Å². The molecule has 0 saturated heterocycles. The van der Waals surface area contributed by atoms with Crippen molar-refractivity contribution >= 4 is 56.9 Å². The summed E-state index contributed by atoms with van der Waals surface area (Å²) in [6.45, 7) is 10.7. The summed E-state index contributed by atoms with van der Waals surface area (Å²) in [4.78, 5) is 40.5. The summed E-state index contributed by atoms with van der Waals surface area (Å²) in [7, 11) is 2.06. The molecule has 0 fully saturated rings. The first-order valence-electron chi connectivity index (χ1n) is 18.8. The minimum Gasteiger partial charge on any atom is -0.381 e. The highest BCUT2D eigenvalue weighted by atomic mass is 127. The molecule has 0 bridgehead atoms. The van der Waals surface area contributed by atoms with Gasteiger partial charge in [0.05, 0.1) is 22.7 Å². The average Bonchev–Trinajstić information content (AvgIpc) is 3.11. The Kier molecular flexibility index (Phi) is 19.2. The van der Waals surface area contributed by atoms with Crippen LogP contribution in [0.25, 0.3) is 0 Å². The fourth-order valence-electron chi connectivity index (χ4n) is 5.95. The van der Waals surface area contributed by atoms with Crippen molar-refractivity contribution in [3.8, 4) is 0 Å². The van der Waals surface area contributed by atoms with Crippen molar-refractivity contribution in [2.45, 2.75) is 128 Å². The third-order valence-corrected chi connectivity index (χ3v) is 10.0. The number of fused-ring (bicyclic) bond motifs is 1. The molecule has 1 unspecified atom stereocenters. The highest BCUT2D eigenvalue weighted by Crippen LogP contribution is 2.33. The predicted molar refractivity (Wildman–Crippen MR) is 214 cm³/mol. The number of ether oxygens (including phenoxy) is 1. The number of ketones is 2. The average molecular weight is 786 g/mol. The van der Waals surface area contributed by atoms with E-state index in [1.807, 2.05) is 25.1 Å². The Morgan fingerprint density at radius 1 is 0.898 bits per heavy atom.